The van der Waals surface area contributed by atoms with Gasteiger partial charge in [-0.2, -0.15) is 4.98 Å². The molecule has 2 aromatic carbocycles. The van der Waals surface area contributed by atoms with E-state index in [0.29, 0.717) is 19.0 Å². The predicted molar refractivity (Wildman–Crippen MR) is 131 cm³/mol. The smallest absolute Gasteiger partial charge is 0.264 e. The van der Waals surface area contributed by atoms with Gasteiger partial charge in [-0.3, -0.25) is 4.79 Å². The molecular weight excluding hydrogens is 418 g/mol. The van der Waals surface area contributed by atoms with E-state index in [9.17, 15) is 4.79 Å². The fraction of sp³-hybridized carbons (Fsp3) is 0.240. The number of fused-ring (bicyclic) bond motifs is 1. The highest BCUT2D eigenvalue weighted by Gasteiger charge is 2.24. The molecule has 0 saturated carbocycles. The summed E-state index contributed by atoms with van der Waals surface area (Å²) >= 11 is 1.57. The summed E-state index contributed by atoms with van der Waals surface area (Å²) in [5, 5.41) is 4.43. The molecule has 3 heterocycles. The molecule has 4 aromatic rings. The lowest BCUT2D eigenvalue weighted by Gasteiger charge is -2.35. The Morgan fingerprint density at radius 1 is 0.938 bits per heavy atom. The van der Waals surface area contributed by atoms with E-state index in [1.807, 2.05) is 48.2 Å². The first kappa shape index (κ1) is 20.5. The number of rotatable bonds is 4. The number of aromatic nitrogens is 2. The second-order valence-corrected chi connectivity index (χ2v) is 9.19. The van der Waals surface area contributed by atoms with E-state index in [2.05, 4.69) is 46.4 Å². The van der Waals surface area contributed by atoms with E-state index in [0.717, 1.165) is 45.3 Å². The van der Waals surface area contributed by atoms with Crippen LogP contribution < -0.4 is 10.2 Å². The van der Waals surface area contributed by atoms with Crippen LogP contribution in [0.15, 0.2) is 60.7 Å². The molecule has 0 bridgehead atoms. The second-order valence-electron chi connectivity index (χ2n) is 8.11. The Morgan fingerprint density at radius 2 is 1.69 bits per heavy atom. The highest BCUT2D eigenvalue weighted by atomic mass is 32.1. The number of nitrogens with zero attached hydrogens (tertiary/aromatic N) is 4. The minimum absolute atomic E-state index is 0.117. The van der Waals surface area contributed by atoms with Gasteiger partial charge in [0, 0.05) is 48.3 Å². The molecule has 2 aromatic heterocycles. The molecular formula is C25H25N5OS. The maximum absolute atomic E-state index is 13.0. The number of thiophene rings is 1. The average molecular weight is 444 g/mol. The van der Waals surface area contributed by atoms with Crippen LogP contribution in [-0.4, -0.2) is 47.0 Å². The predicted octanol–water partition coefficient (Wildman–Crippen LogP) is 5.01. The molecule has 1 amide bonds. The summed E-state index contributed by atoms with van der Waals surface area (Å²) in [7, 11) is 0. The fourth-order valence-corrected chi connectivity index (χ4v) is 4.95. The summed E-state index contributed by atoms with van der Waals surface area (Å²) in [6.45, 7) is 6.89. The summed E-state index contributed by atoms with van der Waals surface area (Å²) < 4.78 is 1.15. The molecule has 7 heteroatoms. The molecule has 32 heavy (non-hydrogen) atoms. The highest BCUT2D eigenvalue weighted by Crippen LogP contribution is 2.27. The van der Waals surface area contributed by atoms with Crippen molar-refractivity contribution in [2.45, 2.75) is 13.8 Å². The normalized spacial score (nSPS) is 14.1. The lowest BCUT2D eigenvalue weighted by atomic mass is 10.2. The van der Waals surface area contributed by atoms with Crippen LogP contribution in [0.4, 0.5) is 17.5 Å². The third-order valence-electron chi connectivity index (χ3n) is 5.68. The van der Waals surface area contributed by atoms with E-state index in [1.54, 1.807) is 11.3 Å². The maximum Gasteiger partial charge on any atom is 0.264 e. The molecule has 0 atom stereocenters. The fourth-order valence-electron chi connectivity index (χ4n) is 3.92. The van der Waals surface area contributed by atoms with Crippen molar-refractivity contribution in [1.29, 1.82) is 0 Å². The molecule has 1 saturated heterocycles. The van der Waals surface area contributed by atoms with E-state index in [-0.39, 0.29) is 5.91 Å². The summed E-state index contributed by atoms with van der Waals surface area (Å²) in [6.07, 6.45) is 0. The largest absolute Gasteiger partial charge is 0.353 e. The van der Waals surface area contributed by atoms with Gasteiger partial charge in [-0.1, -0.05) is 35.9 Å². The number of amides is 1. The summed E-state index contributed by atoms with van der Waals surface area (Å²) in [5.74, 6) is 1.60. The molecule has 0 spiro atoms. The Balaban J connectivity index is 1.27. The maximum atomic E-state index is 13.0. The van der Waals surface area contributed by atoms with Crippen molar-refractivity contribution in [2.75, 3.05) is 36.4 Å². The Bertz CT molecular complexity index is 1230. The highest BCUT2D eigenvalue weighted by molar-refractivity contribution is 7.20. The molecule has 1 aliphatic heterocycles. The van der Waals surface area contributed by atoms with Crippen LogP contribution in [-0.2, 0) is 0 Å². The lowest BCUT2D eigenvalue weighted by molar-refractivity contribution is 0.0751. The lowest BCUT2D eigenvalue weighted by Crippen LogP contribution is -2.49. The Kier molecular flexibility index (Phi) is 5.49. The van der Waals surface area contributed by atoms with Gasteiger partial charge in [0.25, 0.3) is 5.91 Å². The standard InChI is InChI=1S/C25H25N5OS/c1-17-7-9-20(10-8-17)27-25-26-18(2)15-23(28-25)29-11-13-30(14-12-29)24(31)22-16-19-5-3-4-6-21(19)32-22/h3-10,15-16H,11-14H2,1-2H3,(H,26,27,28). The molecule has 1 aliphatic rings. The zero-order chi connectivity index (χ0) is 22.1. The van der Waals surface area contributed by atoms with Crippen molar-refractivity contribution in [3.63, 3.8) is 0 Å². The Hall–Kier alpha value is -3.45. The van der Waals surface area contributed by atoms with Gasteiger partial charge in [0.2, 0.25) is 5.95 Å². The van der Waals surface area contributed by atoms with Gasteiger partial charge in [-0.05, 0) is 43.5 Å². The van der Waals surface area contributed by atoms with E-state index in [1.165, 1.54) is 5.56 Å². The first-order valence-electron chi connectivity index (χ1n) is 10.8. The van der Waals surface area contributed by atoms with Gasteiger partial charge in [0.1, 0.15) is 5.82 Å². The van der Waals surface area contributed by atoms with Crippen molar-refractivity contribution in [3.8, 4) is 0 Å². The number of piperazine rings is 1. The number of nitrogens with one attached hydrogen (secondary N) is 1. The first-order chi connectivity index (χ1) is 15.5. The number of aryl methyl sites for hydroxylation is 2. The zero-order valence-corrected chi connectivity index (χ0v) is 19.0. The van der Waals surface area contributed by atoms with Crippen LogP contribution in [0.25, 0.3) is 10.1 Å². The number of hydrogen-bond donors (Lipinski definition) is 1. The van der Waals surface area contributed by atoms with Gasteiger partial charge < -0.3 is 15.1 Å². The van der Waals surface area contributed by atoms with Crippen LogP contribution in [0, 0.1) is 13.8 Å². The third-order valence-corrected chi connectivity index (χ3v) is 6.78. The molecule has 0 aliphatic carbocycles. The Morgan fingerprint density at radius 3 is 2.44 bits per heavy atom. The van der Waals surface area contributed by atoms with Gasteiger partial charge in [0.05, 0.1) is 4.88 Å². The van der Waals surface area contributed by atoms with Gasteiger partial charge >= 0.3 is 0 Å². The van der Waals surface area contributed by atoms with Crippen molar-refractivity contribution in [3.05, 3.63) is 76.8 Å². The summed E-state index contributed by atoms with van der Waals surface area (Å²) in [6, 6.07) is 20.3. The quantitative estimate of drug-likeness (QED) is 0.480. The number of hydrogen-bond acceptors (Lipinski definition) is 6. The zero-order valence-electron chi connectivity index (χ0n) is 18.2. The van der Waals surface area contributed by atoms with Crippen molar-refractivity contribution >= 4 is 44.8 Å². The van der Waals surface area contributed by atoms with Crippen LogP contribution in [0.2, 0.25) is 0 Å². The first-order valence-corrected chi connectivity index (χ1v) is 11.6. The SMILES string of the molecule is Cc1ccc(Nc2nc(C)cc(N3CCN(C(=O)c4cc5ccccc5s4)CC3)n2)cc1. The van der Waals surface area contributed by atoms with Crippen molar-refractivity contribution in [1.82, 2.24) is 14.9 Å². The average Bonchev–Trinajstić information content (AvgIpc) is 3.24. The minimum atomic E-state index is 0.117. The molecule has 1 N–H and O–H groups in total. The molecule has 1 fully saturated rings. The van der Waals surface area contributed by atoms with Crippen LogP contribution in [0.3, 0.4) is 0 Å². The number of benzene rings is 2. The van der Waals surface area contributed by atoms with Crippen molar-refractivity contribution < 1.29 is 4.79 Å². The van der Waals surface area contributed by atoms with E-state index < -0.39 is 0 Å². The molecule has 5 rings (SSSR count). The third kappa shape index (κ3) is 4.29. The van der Waals surface area contributed by atoms with Gasteiger partial charge in [-0.25, -0.2) is 4.98 Å². The monoisotopic (exact) mass is 443 g/mol. The Labute approximate surface area is 191 Å². The summed E-state index contributed by atoms with van der Waals surface area (Å²) in [4.78, 5) is 27.3. The second kappa shape index (κ2) is 8.59. The minimum Gasteiger partial charge on any atom is -0.353 e. The van der Waals surface area contributed by atoms with E-state index >= 15 is 0 Å². The van der Waals surface area contributed by atoms with Gasteiger partial charge in [0.15, 0.2) is 0 Å². The molecule has 162 valence electrons. The van der Waals surface area contributed by atoms with Crippen LogP contribution in [0.1, 0.15) is 20.9 Å². The van der Waals surface area contributed by atoms with E-state index in [4.69, 9.17) is 4.98 Å². The number of carbonyl (C=O) groups excluding carboxylic acids is 1. The van der Waals surface area contributed by atoms with Gasteiger partial charge in [-0.15, -0.1) is 11.3 Å². The topological polar surface area (TPSA) is 61.4 Å². The summed E-state index contributed by atoms with van der Waals surface area (Å²) in [5.41, 5.74) is 3.09. The van der Waals surface area contributed by atoms with Crippen LogP contribution >= 0.6 is 11.3 Å². The van der Waals surface area contributed by atoms with Crippen LogP contribution in [0.5, 0.6) is 0 Å². The molecule has 6 nitrogen and oxygen atoms in total. The number of anilines is 3. The van der Waals surface area contributed by atoms with Crippen molar-refractivity contribution in [2.24, 2.45) is 0 Å². The number of carbonyl (C=O) groups is 1. The molecule has 0 radical (unpaired) electrons. The molecule has 0 unspecified atom stereocenters.